The molecular formula is C26H28F3N7O4S. The van der Waals surface area contributed by atoms with Gasteiger partial charge in [0.2, 0.25) is 16.0 Å². The van der Waals surface area contributed by atoms with E-state index in [1.54, 1.807) is 22.8 Å². The summed E-state index contributed by atoms with van der Waals surface area (Å²) >= 11 is 0. The summed E-state index contributed by atoms with van der Waals surface area (Å²) in [7, 11) is -1.27. The lowest BCUT2D eigenvalue weighted by Gasteiger charge is -2.34. The van der Waals surface area contributed by atoms with Crippen molar-refractivity contribution in [3.8, 4) is 11.3 Å². The van der Waals surface area contributed by atoms with E-state index in [1.807, 2.05) is 36.4 Å². The number of nitrogens with zero attached hydrogens (tertiary/aromatic N) is 5. The Morgan fingerprint density at radius 2 is 1.61 bits per heavy atom. The maximum absolute atomic E-state index is 11.8. The molecule has 0 spiro atoms. The van der Waals surface area contributed by atoms with Crippen LogP contribution >= 0.6 is 0 Å². The van der Waals surface area contributed by atoms with Crippen LogP contribution in [-0.2, 0) is 14.8 Å². The molecule has 0 unspecified atom stereocenters. The van der Waals surface area contributed by atoms with Crippen LogP contribution in [0.3, 0.4) is 0 Å². The van der Waals surface area contributed by atoms with E-state index in [2.05, 4.69) is 49.1 Å². The monoisotopic (exact) mass is 591 g/mol. The number of sulfonamides is 1. The van der Waals surface area contributed by atoms with Gasteiger partial charge in [0.25, 0.3) is 0 Å². The molecule has 0 amide bonds. The molecule has 1 saturated heterocycles. The number of benzene rings is 2. The summed E-state index contributed by atoms with van der Waals surface area (Å²) < 4.78 is 59.7. The SMILES string of the molecule is CN1CCN(c2ccc(Nc3ncc4ccc(-c5ccccc5NS(C)(=O)=O)n4n3)cc2)CC1.O=C(O)C(F)(F)F. The van der Waals surface area contributed by atoms with Gasteiger partial charge in [0.05, 0.1) is 29.4 Å². The number of piperazine rings is 1. The van der Waals surface area contributed by atoms with Gasteiger partial charge >= 0.3 is 12.1 Å². The highest BCUT2D eigenvalue weighted by Gasteiger charge is 2.38. The zero-order valence-electron chi connectivity index (χ0n) is 22.1. The maximum atomic E-state index is 11.8. The molecule has 1 aliphatic heterocycles. The van der Waals surface area contributed by atoms with E-state index >= 15 is 0 Å². The summed E-state index contributed by atoms with van der Waals surface area (Å²) in [6.45, 7) is 4.18. The molecule has 5 rings (SSSR count). The van der Waals surface area contributed by atoms with Crippen molar-refractivity contribution < 1.29 is 31.5 Å². The van der Waals surface area contributed by atoms with Crippen molar-refractivity contribution >= 4 is 44.5 Å². The van der Waals surface area contributed by atoms with Crippen molar-refractivity contribution in [2.24, 2.45) is 0 Å². The van der Waals surface area contributed by atoms with E-state index in [-0.39, 0.29) is 0 Å². The first-order valence-electron chi connectivity index (χ1n) is 12.3. The molecule has 2 aromatic carbocycles. The Morgan fingerprint density at radius 3 is 2.22 bits per heavy atom. The predicted octanol–water partition coefficient (Wildman–Crippen LogP) is 3.90. The lowest BCUT2D eigenvalue weighted by atomic mass is 10.1. The van der Waals surface area contributed by atoms with Gasteiger partial charge in [-0.2, -0.15) is 13.2 Å². The van der Waals surface area contributed by atoms with Gasteiger partial charge in [-0.25, -0.2) is 22.7 Å². The molecule has 0 saturated carbocycles. The first-order valence-corrected chi connectivity index (χ1v) is 14.2. The fraction of sp³-hybridized carbons (Fsp3) is 0.269. The van der Waals surface area contributed by atoms with Gasteiger partial charge in [-0.1, -0.05) is 18.2 Å². The van der Waals surface area contributed by atoms with Crippen LogP contribution in [0, 0.1) is 0 Å². The Balaban J connectivity index is 0.000000493. The molecule has 0 atom stereocenters. The largest absolute Gasteiger partial charge is 0.490 e. The van der Waals surface area contributed by atoms with Crippen molar-refractivity contribution in [1.29, 1.82) is 0 Å². The zero-order valence-corrected chi connectivity index (χ0v) is 22.9. The Morgan fingerprint density at radius 1 is 0.976 bits per heavy atom. The molecule has 11 nitrogen and oxygen atoms in total. The smallest absolute Gasteiger partial charge is 0.475 e. The molecule has 3 heterocycles. The Labute approximate surface area is 234 Å². The number of para-hydroxylation sites is 1. The van der Waals surface area contributed by atoms with Crippen LogP contribution in [0.5, 0.6) is 0 Å². The lowest BCUT2D eigenvalue weighted by molar-refractivity contribution is -0.192. The second-order valence-corrected chi connectivity index (χ2v) is 11.1. The fourth-order valence-corrected chi connectivity index (χ4v) is 4.68. The van der Waals surface area contributed by atoms with Gasteiger partial charge in [-0.15, -0.1) is 5.10 Å². The van der Waals surface area contributed by atoms with Crippen molar-refractivity contribution in [3.05, 3.63) is 66.9 Å². The van der Waals surface area contributed by atoms with Crippen molar-refractivity contribution in [3.63, 3.8) is 0 Å². The summed E-state index contributed by atoms with van der Waals surface area (Å²) in [6.07, 6.45) is -2.21. The van der Waals surface area contributed by atoms with Crippen LogP contribution in [0.25, 0.3) is 16.8 Å². The van der Waals surface area contributed by atoms with Gasteiger partial charge < -0.3 is 20.2 Å². The zero-order chi connectivity index (χ0) is 29.8. The van der Waals surface area contributed by atoms with Crippen molar-refractivity contribution in [2.75, 3.05) is 54.4 Å². The number of likely N-dealkylation sites (N-methyl/N-ethyl adjacent to an activating group) is 1. The fourth-order valence-electron chi connectivity index (χ4n) is 4.11. The number of aromatic nitrogens is 3. The molecule has 0 aliphatic carbocycles. The molecule has 4 aromatic rings. The number of carboxylic acid groups (broad SMARTS) is 1. The predicted molar refractivity (Wildman–Crippen MR) is 150 cm³/mol. The highest BCUT2D eigenvalue weighted by atomic mass is 32.2. The van der Waals surface area contributed by atoms with Crippen LogP contribution in [0.4, 0.5) is 36.2 Å². The number of halogens is 3. The number of hydrogen-bond donors (Lipinski definition) is 3. The molecule has 15 heteroatoms. The van der Waals surface area contributed by atoms with E-state index in [4.69, 9.17) is 9.90 Å². The van der Waals surface area contributed by atoms with Crippen LogP contribution in [0.2, 0.25) is 0 Å². The molecule has 2 aromatic heterocycles. The third-order valence-corrected chi connectivity index (χ3v) is 6.72. The van der Waals surface area contributed by atoms with Crippen molar-refractivity contribution in [1.82, 2.24) is 19.5 Å². The molecule has 1 aliphatic rings. The number of fused-ring (bicyclic) bond motifs is 1. The Bertz CT molecular complexity index is 1620. The number of carboxylic acids is 1. The normalized spacial score (nSPS) is 14.3. The summed E-state index contributed by atoms with van der Waals surface area (Å²) in [5, 5.41) is 15.1. The molecule has 0 bridgehead atoms. The van der Waals surface area contributed by atoms with E-state index in [9.17, 15) is 21.6 Å². The number of aliphatic carboxylic acids is 1. The first-order chi connectivity index (χ1) is 19.3. The van der Waals surface area contributed by atoms with Crippen LogP contribution in [0.1, 0.15) is 0 Å². The van der Waals surface area contributed by atoms with Gasteiger partial charge in [-0.05, 0) is 49.5 Å². The molecule has 0 radical (unpaired) electrons. The van der Waals surface area contributed by atoms with Gasteiger partial charge in [0, 0.05) is 43.1 Å². The number of alkyl halides is 3. The second kappa shape index (κ2) is 12.0. The maximum Gasteiger partial charge on any atom is 0.490 e. The van der Waals surface area contributed by atoms with E-state index in [1.165, 1.54) is 5.69 Å². The van der Waals surface area contributed by atoms with E-state index in [0.717, 1.165) is 54.9 Å². The van der Waals surface area contributed by atoms with Crippen LogP contribution < -0.4 is 14.9 Å². The summed E-state index contributed by atoms with van der Waals surface area (Å²) in [4.78, 5) is 18.1. The average Bonchev–Trinajstić information content (AvgIpc) is 3.32. The van der Waals surface area contributed by atoms with Gasteiger partial charge in [-0.3, -0.25) is 4.72 Å². The minimum Gasteiger partial charge on any atom is -0.475 e. The topological polar surface area (TPSA) is 132 Å². The Kier molecular flexibility index (Phi) is 8.68. The molecule has 41 heavy (non-hydrogen) atoms. The van der Waals surface area contributed by atoms with E-state index < -0.39 is 22.2 Å². The molecule has 218 valence electrons. The third-order valence-electron chi connectivity index (χ3n) is 6.13. The van der Waals surface area contributed by atoms with Crippen LogP contribution in [0.15, 0.2) is 66.9 Å². The third kappa shape index (κ3) is 7.85. The first kappa shape index (κ1) is 29.6. The van der Waals surface area contributed by atoms with Crippen LogP contribution in [-0.4, -0.2) is 84.7 Å². The lowest BCUT2D eigenvalue weighted by Crippen LogP contribution is -2.44. The molecular weight excluding hydrogens is 563 g/mol. The summed E-state index contributed by atoms with van der Waals surface area (Å²) in [5.41, 5.74) is 4.90. The number of hydrogen-bond acceptors (Lipinski definition) is 8. The highest BCUT2D eigenvalue weighted by molar-refractivity contribution is 7.92. The second-order valence-electron chi connectivity index (χ2n) is 9.32. The standard InChI is InChI=1S/C24H27N7O2S.C2HF3O2/c1-29-13-15-30(16-14-29)19-9-7-18(8-10-19)26-24-25-17-20-11-12-23(31(20)27-24)21-5-3-4-6-22(21)28-34(2,32)33;3-2(4,5)1(6)7/h3-12,17,28H,13-16H2,1-2H3,(H,26,27);(H,6,7). The molecule has 1 fully saturated rings. The summed E-state index contributed by atoms with van der Waals surface area (Å²) in [6, 6.07) is 19.3. The number of carbonyl (C=O) groups is 1. The minimum absolute atomic E-state index is 0.450. The van der Waals surface area contributed by atoms with Gasteiger partial charge in [0.15, 0.2) is 0 Å². The van der Waals surface area contributed by atoms with E-state index in [0.29, 0.717) is 11.6 Å². The summed E-state index contributed by atoms with van der Waals surface area (Å²) in [5.74, 6) is -2.31. The minimum atomic E-state index is -5.08. The van der Waals surface area contributed by atoms with Gasteiger partial charge in [0.1, 0.15) is 0 Å². The quantitative estimate of drug-likeness (QED) is 0.306. The number of rotatable bonds is 6. The molecule has 3 N–H and O–H groups in total. The number of nitrogens with one attached hydrogen (secondary N) is 2. The Hall–Kier alpha value is -4.37. The van der Waals surface area contributed by atoms with Crippen molar-refractivity contribution in [2.45, 2.75) is 6.18 Å². The number of anilines is 4. The average molecular weight is 592 g/mol. The highest BCUT2D eigenvalue weighted by Crippen LogP contribution is 2.30.